The molecule has 0 atom stereocenters. The van der Waals surface area contributed by atoms with E-state index in [0.717, 1.165) is 5.69 Å². The van der Waals surface area contributed by atoms with Crippen molar-refractivity contribution in [2.75, 3.05) is 24.8 Å². The fraction of sp³-hybridized carbons (Fsp3) is 0.316. The first-order chi connectivity index (χ1) is 14.6. The number of hydrogen-bond acceptors (Lipinski definition) is 8. The minimum Gasteiger partial charge on any atom is -0.381 e. The number of pyridine rings is 1. The highest BCUT2D eigenvalue weighted by Gasteiger charge is 2.16. The molecule has 30 heavy (non-hydrogen) atoms. The molecule has 5 rings (SSSR count). The third-order valence-electron chi connectivity index (χ3n) is 4.97. The lowest BCUT2D eigenvalue weighted by Crippen LogP contribution is -2.18. The predicted molar refractivity (Wildman–Crippen MR) is 112 cm³/mol. The van der Waals surface area contributed by atoms with Crippen molar-refractivity contribution in [1.82, 2.24) is 29.2 Å². The first-order valence-electron chi connectivity index (χ1n) is 9.55. The lowest BCUT2D eigenvalue weighted by molar-refractivity contribution is 0.0412. The summed E-state index contributed by atoms with van der Waals surface area (Å²) in [7, 11) is 3.53. The summed E-state index contributed by atoms with van der Waals surface area (Å²) in [6.45, 7) is 0. The van der Waals surface area contributed by atoms with Gasteiger partial charge in [-0.25, -0.2) is 4.98 Å². The van der Waals surface area contributed by atoms with Gasteiger partial charge >= 0.3 is 0 Å². The summed E-state index contributed by atoms with van der Waals surface area (Å²) >= 11 is 0. The van der Waals surface area contributed by atoms with Crippen molar-refractivity contribution in [1.29, 1.82) is 0 Å². The second-order valence-electron chi connectivity index (χ2n) is 6.83. The summed E-state index contributed by atoms with van der Waals surface area (Å²) in [4.78, 5) is 16.0. The van der Waals surface area contributed by atoms with Crippen molar-refractivity contribution in [2.45, 2.75) is 25.4 Å². The van der Waals surface area contributed by atoms with Gasteiger partial charge in [0.1, 0.15) is 23.5 Å². The van der Waals surface area contributed by atoms with Gasteiger partial charge in [0.05, 0.1) is 18.0 Å². The number of fused-ring (bicyclic) bond motifs is 2. The Balaban J connectivity index is 0.000000313. The Morgan fingerprint density at radius 2 is 2.17 bits per heavy atom. The molecule has 4 N–H and O–H groups in total. The highest BCUT2D eigenvalue weighted by Crippen LogP contribution is 2.23. The van der Waals surface area contributed by atoms with E-state index in [-0.39, 0.29) is 5.56 Å². The third-order valence-corrected chi connectivity index (χ3v) is 4.97. The van der Waals surface area contributed by atoms with Crippen LogP contribution in [0.15, 0.2) is 36.9 Å². The topological polar surface area (TPSA) is 137 Å². The number of nitrogens with one attached hydrogen (secondary N) is 2. The molecule has 0 aromatic carbocycles. The van der Waals surface area contributed by atoms with Gasteiger partial charge in [0.25, 0.3) is 5.91 Å². The Bertz CT molecular complexity index is 1180. The van der Waals surface area contributed by atoms with Gasteiger partial charge in [-0.3, -0.25) is 9.20 Å². The molecule has 11 heteroatoms. The van der Waals surface area contributed by atoms with E-state index in [1.54, 1.807) is 31.0 Å². The van der Waals surface area contributed by atoms with Crippen LogP contribution in [0.4, 0.5) is 17.3 Å². The molecule has 1 fully saturated rings. The number of primary amides is 1. The second-order valence-corrected chi connectivity index (χ2v) is 6.83. The van der Waals surface area contributed by atoms with E-state index in [1.165, 1.54) is 30.0 Å². The number of anilines is 3. The molecule has 1 aliphatic carbocycles. The van der Waals surface area contributed by atoms with Crippen molar-refractivity contribution in [3.63, 3.8) is 0 Å². The minimum atomic E-state index is -0.587. The molecule has 0 spiro atoms. The number of methoxy groups -OCH3 is 1. The maximum absolute atomic E-state index is 11.6. The quantitative estimate of drug-likeness (QED) is 0.454. The third kappa shape index (κ3) is 3.74. The predicted octanol–water partition coefficient (Wildman–Crippen LogP) is 1.84. The van der Waals surface area contributed by atoms with E-state index in [2.05, 4.69) is 30.9 Å². The highest BCUT2D eigenvalue weighted by molar-refractivity contribution is 5.99. The smallest absolute Gasteiger partial charge is 0.254 e. The Morgan fingerprint density at radius 1 is 1.33 bits per heavy atom. The van der Waals surface area contributed by atoms with Crippen LogP contribution in [0.3, 0.4) is 0 Å². The van der Waals surface area contributed by atoms with E-state index in [4.69, 9.17) is 10.5 Å². The van der Waals surface area contributed by atoms with Crippen LogP contribution in [0, 0.1) is 0 Å². The molecule has 156 valence electrons. The van der Waals surface area contributed by atoms with E-state index in [1.807, 2.05) is 18.3 Å². The molecule has 0 aliphatic heterocycles. The molecular formula is C19H23N9O2. The van der Waals surface area contributed by atoms with E-state index < -0.39 is 5.91 Å². The number of carbonyl (C=O) groups is 1. The summed E-state index contributed by atoms with van der Waals surface area (Å²) in [6.07, 6.45) is 9.42. The van der Waals surface area contributed by atoms with E-state index in [9.17, 15) is 4.79 Å². The first kappa shape index (κ1) is 19.6. The van der Waals surface area contributed by atoms with Crippen molar-refractivity contribution >= 4 is 34.5 Å². The number of rotatable bonds is 5. The van der Waals surface area contributed by atoms with E-state index >= 15 is 0 Å². The monoisotopic (exact) mass is 409 g/mol. The van der Waals surface area contributed by atoms with Crippen molar-refractivity contribution < 1.29 is 9.53 Å². The van der Waals surface area contributed by atoms with Crippen molar-refractivity contribution in [3.8, 4) is 0 Å². The summed E-state index contributed by atoms with van der Waals surface area (Å²) in [6, 6.07) is 5.49. The van der Waals surface area contributed by atoms with Crippen LogP contribution < -0.4 is 16.4 Å². The Kier molecular flexibility index (Phi) is 5.44. The SMILES string of the molecule is CNc1cc(Nc2cccn3cnnc23)nc2c(C(N)=O)cnn12.COC1CCC1. The molecule has 11 nitrogen and oxygen atoms in total. The molecule has 4 aromatic heterocycles. The highest BCUT2D eigenvalue weighted by atomic mass is 16.5. The number of amides is 1. The average Bonchev–Trinajstić information content (AvgIpc) is 3.34. The van der Waals surface area contributed by atoms with Gasteiger partial charge in [0.2, 0.25) is 0 Å². The second kappa shape index (κ2) is 8.33. The van der Waals surface area contributed by atoms with E-state index in [0.29, 0.717) is 29.0 Å². The number of ether oxygens (including phenoxy) is 1. The maximum atomic E-state index is 11.6. The molecule has 0 bridgehead atoms. The maximum Gasteiger partial charge on any atom is 0.254 e. The Labute approximate surface area is 172 Å². The number of nitrogens with two attached hydrogens (primary N) is 1. The molecule has 0 unspecified atom stereocenters. The van der Waals surface area contributed by atoms with Gasteiger partial charge in [-0.05, 0) is 31.4 Å². The number of aromatic nitrogens is 6. The summed E-state index contributed by atoms with van der Waals surface area (Å²) in [5.74, 6) is 0.589. The fourth-order valence-electron chi connectivity index (χ4n) is 3.07. The zero-order valence-electron chi connectivity index (χ0n) is 16.7. The first-order valence-corrected chi connectivity index (χ1v) is 9.55. The van der Waals surface area contributed by atoms with Gasteiger partial charge in [-0.1, -0.05) is 0 Å². The van der Waals surface area contributed by atoms with Crippen molar-refractivity contribution in [3.05, 3.63) is 42.5 Å². The van der Waals surface area contributed by atoms with Crippen LogP contribution in [-0.4, -0.2) is 55.4 Å². The minimum absolute atomic E-state index is 0.246. The van der Waals surface area contributed by atoms with Gasteiger partial charge < -0.3 is 21.1 Å². The fourth-order valence-corrected chi connectivity index (χ4v) is 3.07. The van der Waals surface area contributed by atoms with Gasteiger partial charge in [0.15, 0.2) is 11.3 Å². The molecule has 0 radical (unpaired) electrons. The van der Waals surface area contributed by atoms with Crippen molar-refractivity contribution in [2.24, 2.45) is 5.73 Å². The Morgan fingerprint density at radius 3 is 2.80 bits per heavy atom. The Hall–Kier alpha value is -3.73. The summed E-state index contributed by atoms with van der Waals surface area (Å²) in [5, 5.41) is 18.3. The standard InChI is InChI=1S/C14H13N9O.C5H10O/c1-16-11-5-10(20-13-8(12(15)24)6-18-23(11)13)19-9-3-2-4-22-7-17-21-14(9)22;1-6-5-3-2-4-5/h2-7,16H,1H3,(H2,15,24)(H,19,20);5H,2-4H2,1H3. The lowest BCUT2D eigenvalue weighted by Gasteiger charge is -2.22. The van der Waals surface area contributed by atoms with Crippen LogP contribution in [-0.2, 0) is 4.74 Å². The lowest BCUT2D eigenvalue weighted by atomic mass is 9.96. The molecule has 1 saturated carbocycles. The van der Waals surface area contributed by atoms with Crippen LogP contribution in [0.25, 0.3) is 11.3 Å². The van der Waals surface area contributed by atoms with Gasteiger partial charge in [-0.15, -0.1) is 10.2 Å². The zero-order chi connectivity index (χ0) is 21.1. The molecule has 1 amide bonds. The number of hydrogen-bond donors (Lipinski definition) is 3. The average molecular weight is 409 g/mol. The largest absolute Gasteiger partial charge is 0.381 e. The van der Waals surface area contributed by atoms with Gasteiger partial charge in [-0.2, -0.15) is 9.61 Å². The normalized spacial score (nSPS) is 13.5. The molecule has 1 aliphatic rings. The molecule has 4 aromatic rings. The number of carbonyl (C=O) groups excluding carboxylic acids is 1. The molecule has 4 heterocycles. The zero-order valence-corrected chi connectivity index (χ0v) is 16.7. The van der Waals surface area contributed by atoms with Crippen LogP contribution in [0.1, 0.15) is 29.6 Å². The van der Waals surface area contributed by atoms with Crippen LogP contribution in [0.5, 0.6) is 0 Å². The molecule has 0 saturated heterocycles. The van der Waals surface area contributed by atoms with Crippen LogP contribution in [0.2, 0.25) is 0 Å². The summed E-state index contributed by atoms with van der Waals surface area (Å²) in [5.41, 5.74) is 7.39. The van der Waals surface area contributed by atoms with Crippen LogP contribution >= 0.6 is 0 Å². The van der Waals surface area contributed by atoms with Gasteiger partial charge in [0, 0.05) is 26.4 Å². The summed E-state index contributed by atoms with van der Waals surface area (Å²) < 4.78 is 8.29. The number of nitrogens with zero attached hydrogens (tertiary/aromatic N) is 6. The molecular weight excluding hydrogens is 386 g/mol.